The predicted molar refractivity (Wildman–Crippen MR) is 70.8 cm³/mol. The molecule has 1 N–H and O–H groups in total. The second-order valence-electron chi connectivity index (χ2n) is 3.61. The Bertz CT molecular complexity index is 275. The van der Waals surface area contributed by atoms with Crippen molar-refractivity contribution in [3.05, 3.63) is 18.6 Å². The molecule has 0 aliphatic carbocycles. The summed E-state index contributed by atoms with van der Waals surface area (Å²) in [7, 11) is 2.03. The summed E-state index contributed by atoms with van der Waals surface area (Å²) in [5.41, 5.74) is 0. The first kappa shape index (κ1) is 15.4. The molecule has 1 aromatic rings. The van der Waals surface area contributed by atoms with Crippen molar-refractivity contribution in [2.75, 3.05) is 25.0 Å². The Balaban J connectivity index is 0.00000112. The fraction of sp³-hybridized carbons (Fsp3) is 0.600. The number of anilines is 1. The van der Waals surface area contributed by atoms with E-state index in [0.29, 0.717) is 6.04 Å². The molecule has 0 unspecified atom stereocenters. The lowest BCUT2D eigenvalue weighted by Crippen LogP contribution is -2.41. The maximum Gasteiger partial charge on any atom is 0.147 e. The molecule has 4 nitrogen and oxygen atoms in total. The number of halogens is 2. The quantitative estimate of drug-likeness (QED) is 0.880. The molecule has 0 atom stereocenters. The van der Waals surface area contributed by atoms with Crippen LogP contribution < -0.4 is 10.2 Å². The first-order valence-electron chi connectivity index (χ1n) is 5.08. The van der Waals surface area contributed by atoms with Crippen LogP contribution in [0.5, 0.6) is 0 Å². The van der Waals surface area contributed by atoms with Crippen molar-refractivity contribution in [3.63, 3.8) is 0 Å². The number of piperidine rings is 1. The summed E-state index contributed by atoms with van der Waals surface area (Å²) >= 11 is 0. The van der Waals surface area contributed by atoms with Crippen molar-refractivity contribution in [2.24, 2.45) is 0 Å². The van der Waals surface area contributed by atoms with E-state index in [-0.39, 0.29) is 24.8 Å². The zero-order valence-corrected chi connectivity index (χ0v) is 10.9. The molecular formula is C10H18Cl2N4. The molecule has 1 saturated heterocycles. The van der Waals surface area contributed by atoms with Gasteiger partial charge in [-0.2, -0.15) is 0 Å². The molecule has 92 valence electrons. The first-order valence-corrected chi connectivity index (χ1v) is 5.08. The molecule has 0 aromatic carbocycles. The van der Waals surface area contributed by atoms with Crippen LogP contribution in [-0.2, 0) is 0 Å². The summed E-state index contributed by atoms with van der Waals surface area (Å²) in [6.07, 6.45) is 7.67. The van der Waals surface area contributed by atoms with Crippen molar-refractivity contribution in [3.8, 4) is 0 Å². The average Bonchev–Trinajstić information content (AvgIpc) is 2.30. The molecule has 0 amide bonds. The van der Waals surface area contributed by atoms with E-state index in [1.807, 2.05) is 13.2 Å². The predicted octanol–water partition coefficient (Wildman–Crippen LogP) is 1.51. The Morgan fingerprint density at radius 1 is 1.25 bits per heavy atom. The summed E-state index contributed by atoms with van der Waals surface area (Å²) in [6.45, 7) is 2.15. The maximum atomic E-state index is 4.30. The Kier molecular flexibility index (Phi) is 7.38. The van der Waals surface area contributed by atoms with Gasteiger partial charge in [0, 0.05) is 31.5 Å². The molecule has 1 aromatic heterocycles. The number of aromatic nitrogens is 2. The first-order chi connectivity index (χ1) is 6.90. The molecule has 1 aliphatic heterocycles. The summed E-state index contributed by atoms with van der Waals surface area (Å²) in [5, 5.41) is 3.31. The molecule has 1 fully saturated rings. The van der Waals surface area contributed by atoms with E-state index in [1.54, 1.807) is 12.4 Å². The van der Waals surface area contributed by atoms with Crippen molar-refractivity contribution in [1.29, 1.82) is 0 Å². The molecule has 0 saturated carbocycles. The molecule has 1 aliphatic rings. The van der Waals surface area contributed by atoms with Crippen molar-refractivity contribution in [2.45, 2.75) is 18.9 Å². The maximum absolute atomic E-state index is 4.30. The Labute approximate surface area is 109 Å². The van der Waals surface area contributed by atoms with Crippen LogP contribution in [0.2, 0.25) is 0 Å². The summed E-state index contributed by atoms with van der Waals surface area (Å²) in [6, 6.07) is 0.669. The van der Waals surface area contributed by atoms with Gasteiger partial charge < -0.3 is 10.2 Å². The van der Waals surface area contributed by atoms with Gasteiger partial charge in [-0.15, -0.1) is 24.8 Å². The minimum absolute atomic E-state index is 0. The SMILES string of the molecule is CNC1CCN(c2cnccn2)CC1.Cl.Cl. The van der Waals surface area contributed by atoms with Crippen LogP contribution in [0.4, 0.5) is 5.82 Å². The number of nitrogens with zero attached hydrogens (tertiary/aromatic N) is 3. The molecule has 2 heterocycles. The monoisotopic (exact) mass is 264 g/mol. The van der Waals surface area contributed by atoms with Gasteiger partial charge in [-0.1, -0.05) is 0 Å². The summed E-state index contributed by atoms with van der Waals surface area (Å²) in [4.78, 5) is 10.7. The van der Waals surface area contributed by atoms with E-state index in [2.05, 4.69) is 20.2 Å². The van der Waals surface area contributed by atoms with Gasteiger partial charge in [-0.05, 0) is 19.9 Å². The molecule has 0 radical (unpaired) electrons. The van der Waals surface area contributed by atoms with Gasteiger partial charge in [-0.25, -0.2) is 4.98 Å². The fourth-order valence-corrected chi connectivity index (χ4v) is 1.85. The minimum atomic E-state index is 0. The van der Waals surface area contributed by atoms with Crippen LogP contribution in [0.15, 0.2) is 18.6 Å². The van der Waals surface area contributed by atoms with Crippen LogP contribution >= 0.6 is 24.8 Å². The fourth-order valence-electron chi connectivity index (χ4n) is 1.85. The minimum Gasteiger partial charge on any atom is -0.355 e. The largest absolute Gasteiger partial charge is 0.355 e. The lowest BCUT2D eigenvalue weighted by molar-refractivity contribution is 0.440. The number of hydrogen-bond donors (Lipinski definition) is 1. The van der Waals surface area contributed by atoms with Gasteiger partial charge in [0.2, 0.25) is 0 Å². The van der Waals surface area contributed by atoms with Crippen molar-refractivity contribution < 1.29 is 0 Å². The summed E-state index contributed by atoms with van der Waals surface area (Å²) < 4.78 is 0. The van der Waals surface area contributed by atoms with Crippen molar-refractivity contribution >= 4 is 30.6 Å². The lowest BCUT2D eigenvalue weighted by Gasteiger charge is -2.32. The Morgan fingerprint density at radius 2 is 1.94 bits per heavy atom. The van der Waals surface area contributed by atoms with E-state index in [4.69, 9.17) is 0 Å². The zero-order chi connectivity index (χ0) is 9.80. The van der Waals surface area contributed by atoms with E-state index in [0.717, 1.165) is 18.9 Å². The van der Waals surface area contributed by atoms with Crippen molar-refractivity contribution in [1.82, 2.24) is 15.3 Å². The molecule has 6 heteroatoms. The molecule has 0 spiro atoms. The number of rotatable bonds is 2. The standard InChI is InChI=1S/C10H16N4.2ClH/c1-11-9-2-6-14(7-3-9)10-8-12-4-5-13-10;;/h4-5,8-9,11H,2-3,6-7H2,1H3;2*1H. The van der Waals surface area contributed by atoms with Crippen LogP contribution in [0.3, 0.4) is 0 Å². The Morgan fingerprint density at radius 3 is 2.44 bits per heavy atom. The van der Waals surface area contributed by atoms with Gasteiger partial charge in [0.05, 0.1) is 6.20 Å². The van der Waals surface area contributed by atoms with Crippen LogP contribution in [0.25, 0.3) is 0 Å². The third kappa shape index (κ3) is 3.77. The molecule has 2 rings (SSSR count). The van der Waals surface area contributed by atoms with Crippen LogP contribution in [0, 0.1) is 0 Å². The highest BCUT2D eigenvalue weighted by Crippen LogP contribution is 2.15. The smallest absolute Gasteiger partial charge is 0.147 e. The average molecular weight is 265 g/mol. The summed E-state index contributed by atoms with van der Waals surface area (Å²) in [5.74, 6) is 1.00. The highest BCUT2D eigenvalue weighted by Gasteiger charge is 2.18. The lowest BCUT2D eigenvalue weighted by atomic mass is 10.1. The number of hydrogen-bond acceptors (Lipinski definition) is 4. The van der Waals surface area contributed by atoms with Gasteiger partial charge in [0.1, 0.15) is 5.82 Å². The number of nitrogens with one attached hydrogen (secondary N) is 1. The van der Waals surface area contributed by atoms with Gasteiger partial charge in [0.15, 0.2) is 0 Å². The molecule has 16 heavy (non-hydrogen) atoms. The van der Waals surface area contributed by atoms with E-state index in [9.17, 15) is 0 Å². The van der Waals surface area contributed by atoms with Gasteiger partial charge in [-0.3, -0.25) is 4.98 Å². The van der Waals surface area contributed by atoms with E-state index in [1.165, 1.54) is 12.8 Å². The second-order valence-corrected chi connectivity index (χ2v) is 3.61. The highest BCUT2D eigenvalue weighted by molar-refractivity contribution is 5.85. The van der Waals surface area contributed by atoms with E-state index < -0.39 is 0 Å². The van der Waals surface area contributed by atoms with Crippen LogP contribution in [0.1, 0.15) is 12.8 Å². The second kappa shape index (κ2) is 7.65. The normalized spacial score (nSPS) is 16.2. The van der Waals surface area contributed by atoms with Gasteiger partial charge in [0.25, 0.3) is 0 Å². The highest BCUT2D eigenvalue weighted by atomic mass is 35.5. The zero-order valence-electron chi connectivity index (χ0n) is 9.30. The molecule has 0 bridgehead atoms. The Hall–Kier alpha value is -0.580. The van der Waals surface area contributed by atoms with E-state index >= 15 is 0 Å². The van der Waals surface area contributed by atoms with Gasteiger partial charge >= 0.3 is 0 Å². The third-order valence-electron chi connectivity index (χ3n) is 2.78. The molecular weight excluding hydrogens is 247 g/mol. The third-order valence-corrected chi connectivity index (χ3v) is 2.78. The topological polar surface area (TPSA) is 41.0 Å². The van der Waals surface area contributed by atoms with Crippen LogP contribution in [-0.4, -0.2) is 36.1 Å².